The number of piperidine rings is 1. The Balaban J connectivity index is 2.23. The van der Waals surface area contributed by atoms with E-state index in [1.165, 1.54) is 6.42 Å². The molecule has 0 aromatic heterocycles. The first-order chi connectivity index (χ1) is 9.06. The SMILES string of the molecule is CCC(C)C(=O)N1C(C(=O)O)CCC2CCCCC21. The van der Waals surface area contributed by atoms with Gasteiger partial charge in [0.1, 0.15) is 6.04 Å². The van der Waals surface area contributed by atoms with Gasteiger partial charge in [0.25, 0.3) is 0 Å². The van der Waals surface area contributed by atoms with E-state index in [9.17, 15) is 14.7 Å². The second kappa shape index (κ2) is 5.93. The lowest BCUT2D eigenvalue weighted by molar-refractivity contribution is -0.160. The standard InChI is InChI=1S/C15H25NO3/c1-3-10(2)14(17)16-12-7-5-4-6-11(12)8-9-13(16)15(18)19/h10-13H,3-9H2,1-2H3,(H,18,19). The van der Waals surface area contributed by atoms with Gasteiger partial charge in [-0.25, -0.2) is 4.79 Å². The third-order valence-electron chi connectivity index (χ3n) is 4.95. The fourth-order valence-electron chi connectivity index (χ4n) is 3.62. The molecule has 0 aromatic carbocycles. The summed E-state index contributed by atoms with van der Waals surface area (Å²) in [5.41, 5.74) is 0. The fraction of sp³-hybridized carbons (Fsp3) is 0.867. The molecule has 4 heteroatoms. The molecule has 1 N–H and O–H groups in total. The summed E-state index contributed by atoms with van der Waals surface area (Å²) in [6.45, 7) is 3.90. The van der Waals surface area contributed by atoms with Gasteiger partial charge >= 0.3 is 5.97 Å². The summed E-state index contributed by atoms with van der Waals surface area (Å²) >= 11 is 0. The average Bonchev–Trinajstić information content (AvgIpc) is 2.44. The molecule has 0 aromatic rings. The Morgan fingerprint density at radius 1 is 1.21 bits per heavy atom. The molecule has 1 saturated carbocycles. The summed E-state index contributed by atoms with van der Waals surface area (Å²) in [6, 6.07) is -0.425. The van der Waals surface area contributed by atoms with Crippen molar-refractivity contribution in [3.63, 3.8) is 0 Å². The maximum Gasteiger partial charge on any atom is 0.326 e. The van der Waals surface area contributed by atoms with E-state index in [-0.39, 0.29) is 17.9 Å². The van der Waals surface area contributed by atoms with E-state index in [1.807, 2.05) is 13.8 Å². The second-order valence-electron chi connectivity index (χ2n) is 6.10. The van der Waals surface area contributed by atoms with Gasteiger partial charge in [0.05, 0.1) is 0 Å². The zero-order valence-electron chi connectivity index (χ0n) is 12.0. The van der Waals surface area contributed by atoms with Crippen LogP contribution in [0.4, 0.5) is 0 Å². The quantitative estimate of drug-likeness (QED) is 0.855. The van der Waals surface area contributed by atoms with Crippen molar-refractivity contribution in [3.8, 4) is 0 Å². The molecule has 4 atom stereocenters. The highest BCUT2D eigenvalue weighted by atomic mass is 16.4. The normalized spacial score (nSPS) is 32.5. The largest absolute Gasteiger partial charge is 0.480 e. The highest BCUT2D eigenvalue weighted by Gasteiger charge is 2.44. The molecule has 19 heavy (non-hydrogen) atoms. The van der Waals surface area contributed by atoms with Crippen LogP contribution in [0.2, 0.25) is 0 Å². The van der Waals surface area contributed by atoms with Crippen molar-refractivity contribution in [2.75, 3.05) is 0 Å². The molecule has 4 unspecified atom stereocenters. The van der Waals surface area contributed by atoms with Crippen LogP contribution in [0.3, 0.4) is 0 Å². The van der Waals surface area contributed by atoms with Crippen molar-refractivity contribution >= 4 is 11.9 Å². The number of rotatable bonds is 3. The highest BCUT2D eigenvalue weighted by molar-refractivity contribution is 5.85. The van der Waals surface area contributed by atoms with Gasteiger partial charge < -0.3 is 10.0 Å². The summed E-state index contributed by atoms with van der Waals surface area (Å²) in [7, 11) is 0. The van der Waals surface area contributed by atoms with Crippen molar-refractivity contribution in [1.82, 2.24) is 4.90 Å². The zero-order valence-corrected chi connectivity index (χ0v) is 12.0. The number of hydrogen-bond donors (Lipinski definition) is 1. The molecule has 1 aliphatic carbocycles. The maximum atomic E-state index is 12.6. The summed E-state index contributed by atoms with van der Waals surface area (Å²) < 4.78 is 0. The monoisotopic (exact) mass is 267 g/mol. The van der Waals surface area contributed by atoms with Crippen LogP contribution in [0.25, 0.3) is 0 Å². The van der Waals surface area contributed by atoms with Crippen LogP contribution in [-0.2, 0) is 9.59 Å². The molecule has 2 aliphatic rings. The van der Waals surface area contributed by atoms with E-state index < -0.39 is 12.0 Å². The number of aliphatic carboxylic acids is 1. The minimum absolute atomic E-state index is 0.0477. The van der Waals surface area contributed by atoms with Gasteiger partial charge in [-0.05, 0) is 38.0 Å². The molecular weight excluding hydrogens is 242 g/mol. The molecule has 2 fully saturated rings. The molecule has 1 heterocycles. The van der Waals surface area contributed by atoms with Gasteiger partial charge in [-0.3, -0.25) is 4.79 Å². The average molecular weight is 267 g/mol. The van der Waals surface area contributed by atoms with E-state index in [2.05, 4.69) is 0 Å². The van der Waals surface area contributed by atoms with E-state index in [4.69, 9.17) is 0 Å². The first-order valence-corrected chi connectivity index (χ1v) is 7.61. The highest BCUT2D eigenvalue weighted by Crippen LogP contribution is 2.38. The molecule has 1 aliphatic heterocycles. The van der Waals surface area contributed by atoms with Crippen molar-refractivity contribution in [2.45, 2.75) is 70.9 Å². The Labute approximate surface area is 115 Å². The molecule has 0 spiro atoms. The number of carboxylic acid groups (broad SMARTS) is 1. The Bertz CT molecular complexity index is 355. The summed E-state index contributed by atoms with van der Waals surface area (Å²) in [4.78, 5) is 25.8. The van der Waals surface area contributed by atoms with Crippen molar-refractivity contribution in [1.29, 1.82) is 0 Å². The van der Waals surface area contributed by atoms with Gasteiger partial charge in [-0.2, -0.15) is 0 Å². The topological polar surface area (TPSA) is 57.6 Å². The van der Waals surface area contributed by atoms with E-state index in [1.54, 1.807) is 4.90 Å². The molecule has 2 rings (SSSR count). The van der Waals surface area contributed by atoms with Gasteiger partial charge in [0.15, 0.2) is 0 Å². The van der Waals surface area contributed by atoms with Crippen LogP contribution in [0.15, 0.2) is 0 Å². The summed E-state index contributed by atoms with van der Waals surface area (Å²) in [5, 5.41) is 9.41. The fourth-order valence-corrected chi connectivity index (χ4v) is 3.62. The molecular formula is C15H25NO3. The third kappa shape index (κ3) is 2.77. The van der Waals surface area contributed by atoms with E-state index >= 15 is 0 Å². The molecule has 4 nitrogen and oxygen atoms in total. The van der Waals surface area contributed by atoms with Gasteiger partial charge in [0.2, 0.25) is 5.91 Å². The number of carbonyl (C=O) groups is 2. The first-order valence-electron chi connectivity index (χ1n) is 7.61. The van der Waals surface area contributed by atoms with Gasteiger partial charge in [-0.1, -0.05) is 26.7 Å². The van der Waals surface area contributed by atoms with Crippen LogP contribution in [0, 0.1) is 11.8 Å². The van der Waals surface area contributed by atoms with E-state index in [0.717, 1.165) is 32.1 Å². The van der Waals surface area contributed by atoms with E-state index in [0.29, 0.717) is 12.3 Å². The lowest BCUT2D eigenvalue weighted by Gasteiger charge is -2.48. The van der Waals surface area contributed by atoms with Crippen LogP contribution in [-0.4, -0.2) is 34.0 Å². The predicted octanol–water partition coefficient (Wildman–Crippen LogP) is 2.67. The summed E-state index contributed by atoms with van der Waals surface area (Å²) in [5.74, 6) is -0.327. The van der Waals surface area contributed by atoms with Gasteiger partial charge in [-0.15, -0.1) is 0 Å². The molecule has 1 saturated heterocycles. The number of carbonyl (C=O) groups excluding carboxylic acids is 1. The zero-order chi connectivity index (χ0) is 14.0. The number of nitrogens with zero attached hydrogens (tertiary/aromatic N) is 1. The Morgan fingerprint density at radius 2 is 1.89 bits per heavy atom. The lowest BCUT2D eigenvalue weighted by atomic mass is 9.75. The smallest absolute Gasteiger partial charge is 0.326 e. The number of fused-ring (bicyclic) bond motifs is 1. The Morgan fingerprint density at radius 3 is 2.53 bits per heavy atom. The van der Waals surface area contributed by atoms with Crippen LogP contribution < -0.4 is 0 Å². The molecule has 1 amide bonds. The molecule has 108 valence electrons. The van der Waals surface area contributed by atoms with Gasteiger partial charge in [0, 0.05) is 12.0 Å². The number of carboxylic acids is 1. The summed E-state index contributed by atoms with van der Waals surface area (Å²) in [6.07, 6.45) is 6.85. The van der Waals surface area contributed by atoms with Crippen LogP contribution in [0.1, 0.15) is 58.8 Å². The van der Waals surface area contributed by atoms with Crippen molar-refractivity contribution < 1.29 is 14.7 Å². The van der Waals surface area contributed by atoms with Crippen LogP contribution >= 0.6 is 0 Å². The first kappa shape index (κ1) is 14.4. The molecule has 0 bridgehead atoms. The number of likely N-dealkylation sites (tertiary alicyclic amines) is 1. The minimum atomic E-state index is -0.833. The number of amides is 1. The predicted molar refractivity (Wildman–Crippen MR) is 72.7 cm³/mol. The van der Waals surface area contributed by atoms with Crippen molar-refractivity contribution in [3.05, 3.63) is 0 Å². The Kier molecular flexibility index (Phi) is 4.48. The maximum absolute atomic E-state index is 12.6. The minimum Gasteiger partial charge on any atom is -0.480 e. The lowest BCUT2D eigenvalue weighted by Crippen LogP contribution is -2.58. The third-order valence-corrected chi connectivity index (χ3v) is 4.95. The Hall–Kier alpha value is -1.06. The second-order valence-corrected chi connectivity index (χ2v) is 6.10. The van der Waals surface area contributed by atoms with Crippen molar-refractivity contribution in [2.24, 2.45) is 11.8 Å². The van der Waals surface area contributed by atoms with Crippen LogP contribution in [0.5, 0.6) is 0 Å². The molecule has 0 radical (unpaired) electrons. The number of hydrogen-bond acceptors (Lipinski definition) is 2.